The molecule has 1 aromatic carbocycles. The lowest BCUT2D eigenvalue weighted by Gasteiger charge is -2.13. The summed E-state index contributed by atoms with van der Waals surface area (Å²) in [6.45, 7) is 4.30. The van der Waals surface area contributed by atoms with E-state index in [0.29, 0.717) is 6.54 Å². The lowest BCUT2D eigenvalue weighted by Crippen LogP contribution is -2.35. The molecule has 0 radical (unpaired) electrons. The van der Waals surface area contributed by atoms with Crippen molar-refractivity contribution >= 4 is 22.5 Å². The highest BCUT2D eigenvalue weighted by Crippen LogP contribution is 2.15. The van der Waals surface area contributed by atoms with Crippen LogP contribution in [0.15, 0.2) is 24.3 Å². The minimum atomic E-state index is -0.932. The molecule has 0 aliphatic heterocycles. The molecule has 3 unspecified atom stereocenters. The van der Waals surface area contributed by atoms with E-state index in [-0.39, 0.29) is 17.3 Å². The van der Waals surface area contributed by atoms with Crippen molar-refractivity contribution in [2.75, 3.05) is 25.2 Å². The van der Waals surface area contributed by atoms with Crippen LogP contribution in [0.5, 0.6) is 0 Å². The van der Waals surface area contributed by atoms with E-state index in [2.05, 4.69) is 22.9 Å². The predicted molar refractivity (Wildman–Crippen MR) is 84.5 cm³/mol. The SMILES string of the molecule is CNC(C)c1ccc(NC(=O)NCC(C)S(C)=O)cc1. The van der Waals surface area contributed by atoms with Crippen LogP contribution in [0, 0.1) is 0 Å². The Morgan fingerprint density at radius 3 is 2.35 bits per heavy atom. The molecule has 20 heavy (non-hydrogen) atoms. The number of urea groups is 1. The van der Waals surface area contributed by atoms with Gasteiger partial charge >= 0.3 is 6.03 Å². The molecule has 1 aromatic rings. The van der Waals surface area contributed by atoms with Gasteiger partial charge in [0.05, 0.1) is 0 Å². The van der Waals surface area contributed by atoms with E-state index in [1.807, 2.05) is 38.2 Å². The van der Waals surface area contributed by atoms with E-state index in [1.54, 1.807) is 6.26 Å². The van der Waals surface area contributed by atoms with Crippen LogP contribution in [-0.2, 0) is 10.8 Å². The molecule has 0 bridgehead atoms. The van der Waals surface area contributed by atoms with Crippen LogP contribution in [0.2, 0.25) is 0 Å². The van der Waals surface area contributed by atoms with Gasteiger partial charge < -0.3 is 16.0 Å². The highest BCUT2D eigenvalue weighted by Gasteiger charge is 2.08. The van der Waals surface area contributed by atoms with Gasteiger partial charge in [0.1, 0.15) is 0 Å². The number of rotatable bonds is 6. The average Bonchev–Trinajstić information content (AvgIpc) is 2.44. The molecule has 0 saturated carbocycles. The number of hydrogen-bond donors (Lipinski definition) is 3. The summed E-state index contributed by atoms with van der Waals surface area (Å²) in [5.74, 6) is 0. The maximum Gasteiger partial charge on any atom is 0.319 e. The van der Waals surface area contributed by atoms with Gasteiger partial charge in [-0.05, 0) is 38.6 Å². The second-order valence-corrected chi connectivity index (χ2v) is 6.58. The number of amides is 2. The van der Waals surface area contributed by atoms with Gasteiger partial charge in [0, 0.05) is 40.6 Å². The third-order valence-electron chi connectivity index (χ3n) is 3.22. The Labute approximate surface area is 123 Å². The molecular formula is C14H23N3O2S. The smallest absolute Gasteiger partial charge is 0.319 e. The normalized spacial score (nSPS) is 15.2. The second kappa shape index (κ2) is 8.01. The van der Waals surface area contributed by atoms with Gasteiger partial charge in [0.2, 0.25) is 0 Å². The van der Waals surface area contributed by atoms with Crippen LogP contribution in [0.3, 0.4) is 0 Å². The van der Waals surface area contributed by atoms with E-state index in [9.17, 15) is 9.00 Å². The first-order chi connectivity index (χ1) is 9.43. The first-order valence-electron chi connectivity index (χ1n) is 6.58. The van der Waals surface area contributed by atoms with Gasteiger partial charge in [-0.1, -0.05) is 12.1 Å². The quantitative estimate of drug-likeness (QED) is 0.750. The Morgan fingerprint density at radius 2 is 1.85 bits per heavy atom. The first-order valence-corrected chi connectivity index (χ1v) is 8.20. The summed E-state index contributed by atoms with van der Waals surface area (Å²) < 4.78 is 11.2. The molecule has 0 aliphatic carbocycles. The zero-order valence-electron chi connectivity index (χ0n) is 12.4. The number of carbonyl (C=O) groups excluding carboxylic acids is 1. The molecule has 1 rings (SSSR count). The topological polar surface area (TPSA) is 70.2 Å². The number of hydrogen-bond acceptors (Lipinski definition) is 3. The standard InChI is InChI=1S/C14H23N3O2S/c1-10(20(4)19)9-16-14(18)17-13-7-5-12(6-8-13)11(2)15-3/h5-8,10-11,15H,9H2,1-4H3,(H2,16,17,18). The molecule has 6 heteroatoms. The number of nitrogens with one attached hydrogen (secondary N) is 3. The largest absolute Gasteiger partial charge is 0.337 e. The van der Waals surface area contributed by atoms with Gasteiger partial charge in [0.15, 0.2) is 0 Å². The third-order valence-corrected chi connectivity index (χ3v) is 4.52. The molecule has 0 aromatic heterocycles. The summed E-state index contributed by atoms with van der Waals surface area (Å²) in [5, 5.41) is 8.56. The van der Waals surface area contributed by atoms with E-state index >= 15 is 0 Å². The van der Waals surface area contributed by atoms with Gasteiger partial charge in [-0.3, -0.25) is 4.21 Å². The minimum Gasteiger partial charge on any atom is -0.337 e. The molecule has 3 atom stereocenters. The molecule has 5 nitrogen and oxygen atoms in total. The number of benzene rings is 1. The Morgan fingerprint density at radius 1 is 1.25 bits per heavy atom. The number of anilines is 1. The lowest BCUT2D eigenvalue weighted by molar-refractivity contribution is 0.252. The minimum absolute atomic E-state index is 0.0559. The number of carbonyl (C=O) groups is 1. The highest BCUT2D eigenvalue weighted by atomic mass is 32.2. The van der Waals surface area contributed by atoms with Crippen molar-refractivity contribution < 1.29 is 9.00 Å². The van der Waals surface area contributed by atoms with Crippen molar-refractivity contribution in [2.45, 2.75) is 25.1 Å². The van der Waals surface area contributed by atoms with Crippen molar-refractivity contribution in [2.24, 2.45) is 0 Å². The van der Waals surface area contributed by atoms with Crippen molar-refractivity contribution in [1.82, 2.24) is 10.6 Å². The first kappa shape index (κ1) is 16.7. The zero-order chi connectivity index (χ0) is 15.1. The van der Waals surface area contributed by atoms with Crippen molar-refractivity contribution in [1.29, 1.82) is 0 Å². The molecule has 0 spiro atoms. The van der Waals surface area contributed by atoms with Crippen molar-refractivity contribution in [3.63, 3.8) is 0 Å². The van der Waals surface area contributed by atoms with Crippen LogP contribution in [0.1, 0.15) is 25.5 Å². The fourth-order valence-corrected chi connectivity index (χ4v) is 1.87. The van der Waals surface area contributed by atoms with E-state index in [0.717, 1.165) is 11.3 Å². The predicted octanol–water partition coefficient (Wildman–Crippen LogP) is 1.86. The fraction of sp³-hybridized carbons (Fsp3) is 0.500. The molecule has 0 saturated heterocycles. The maximum absolute atomic E-state index is 11.7. The fourth-order valence-electron chi connectivity index (χ4n) is 1.55. The summed E-state index contributed by atoms with van der Waals surface area (Å²) in [5.41, 5.74) is 1.90. The summed E-state index contributed by atoms with van der Waals surface area (Å²) in [6.07, 6.45) is 1.63. The van der Waals surface area contributed by atoms with Crippen LogP contribution < -0.4 is 16.0 Å². The van der Waals surface area contributed by atoms with E-state index in [4.69, 9.17) is 0 Å². The average molecular weight is 297 g/mol. The van der Waals surface area contributed by atoms with Gasteiger partial charge in [-0.2, -0.15) is 0 Å². The van der Waals surface area contributed by atoms with E-state index < -0.39 is 10.8 Å². The van der Waals surface area contributed by atoms with Crippen LogP contribution >= 0.6 is 0 Å². The zero-order valence-corrected chi connectivity index (χ0v) is 13.2. The van der Waals surface area contributed by atoms with Gasteiger partial charge in [-0.15, -0.1) is 0 Å². The van der Waals surface area contributed by atoms with Crippen LogP contribution in [0.25, 0.3) is 0 Å². The molecule has 112 valence electrons. The molecule has 0 aliphatic rings. The maximum atomic E-state index is 11.7. The Bertz CT molecular complexity index is 462. The molecule has 2 amide bonds. The summed E-state index contributed by atoms with van der Waals surface area (Å²) in [4.78, 5) is 11.7. The third kappa shape index (κ3) is 5.30. The van der Waals surface area contributed by atoms with Crippen molar-refractivity contribution in [3.8, 4) is 0 Å². The Balaban J connectivity index is 2.48. The summed E-state index contributed by atoms with van der Waals surface area (Å²) in [7, 11) is 0.974. The van der Waals surface area contributed by atoms with Gasteiger partial charge in [0.25, 0.3) is 0 Å². The van der Waals surface area contributed by atoms with Crippen molar-refractivity contribution in [3.05, 3.63) is 29.8 Å². The lowest BCUT2D eigenvalue weighted by atomic mass is 10.1. The van der Waals surface area contributed by atoms with Crippen LogP contribution in [-0.4, -0.2) is 35.3 Å². The second-order valence-electron chi connectivity index (χ2n) is 4.78. The highest BCUT2D eigenvalue weighted by molar-refractivity contribution is 7.84. The molecule has 3 N–H and O–H groups in total. The van der Waals surface area contributed by atoms with Gasteiger partial charge in [-0.25, -0.2) is 4.79 Å². The summed E-state index contributed by atoms with van der Waals surface area (Å²) in [6, 6.07) is 7.67. The molecule has 0 fully saturated rings. The Kier molecular flexibility index (Phi) is 6.67. The van der Waals surface area contributed by atoms with E-state index in [1.165, 1.54) is 0 Å². The Hall–Kier alpha value is -1.40. The summed E-state index contributed by atoms with van der Waals surface area (Å²) >= 11 is 0. The molecular weight excluding hydrogens is 274 g/mol. The molecule has 0 heterocycles. The monoisotopic (exact) mass is 297 g/mol. The van der Waals surface area contributed by atoms with Crippen LogP contribution in [0.4, 0.5) is 10.5 Å².